The fourth-order valence-electron chi connectivity index (χ4n) is 3.80. The number of pyridine rings is 3. The quantitative estimate of drug-likeness (QED) is 0.307. The lowest BCUT2D eigenvalue weighted by Gasteiger charge is -2.34. The molecule has 0 saturated carbocycles. The number of nitrogens with one attached hydrogen (secondary N) is 2. The summed E-state index contributed by atoms with van der Waals surface area (Å²) in [6, 6.07) is 9.31. The van der Waals surface area contributed by atoms with Crippen LogP contribution in [0, 0.1) is 17.1 Å². The maximum absolute atomic E-state index is 15.0. The third kappa shape index (κ3) is 5.08. The first-order valence-corrected chi connectivity index (χ1v) is 10.7. The minimum Gasteiger partial charge on any atom is -0.481 e. The average Bonchev–Trinajstić information content (AvgIpc) is 3.22. The molecule has 180 valence electrons. The summed E-state index contributed by atoms with van der Waals surface area (Å²) in [5.74, 6) is -2.01. The summed E-state index contributed by atoms with van der Waals surface area (Å²) in [6.45, 7) is 3.65. The Labute approximate surface area is 206 Å². The number of halogens is 2. The van der Waals surface area contributed by atoms with Crippen molar-refractivity contribution in [2.45, 2.75) is 39.2 Å². The summed E-state index contributed by atoms with van der Waals surface area (Å²) in [7, 11) is 0. The van der Waals surface area contributed by atoms with Gasteiger partial charge in [-0.2, -0.15) is 5.26 Å². The van der Waals surface area contributed by atoms with Crippen LogP contribution in [-0.4, -0.2) is 37.1 Å². The fourth-order valence-corrected chi connectivity index (χ4v) is 3.96. The van der Waals surface area contributed by atoms with Crippen molar-refractivity contribution in [1.82, 2.24) is 19.9 Å². The van der Waals surface area contributed by atoms with Crippen molar-refractivity contribution in [3.63, 3.8) is 0 Å². The van der Waals surface area contributed by atoms with Crippen molar-refractivity contribution in [2.75, 3.05) is 5.32 Å². The number of nitrogens with zero attached hydrogens (tertiary/aromatic N) is 4. The molecule has 3 N–H and O–H groups in total. The Balaban J connectivity index is 0.00000342. The van der Waals surface area contributed by atoms with Crippen molar-refractivity contribution in [1.29, 1.82) is 5.26 Å². The van der Waals surface area contributed by atoms with Crippen molar-refractivity contribution < 1.29 is 14.3 Å². The Bertz CT molecular complexity index is 1410. The van der Waals surface area contributed by atoms with Gasteiger partial charge in [-0.3, -0.25) is 9.78 Å². The van der Waals surface area contributed by atoms with E-state index in [2.05, 4.69) is 25.3 Å². The van der Waals surface area contributed by atoms with Gasteiger partial charge in [0, 0.05) is 46.7 Å². The van der Waals surface area contributed by atoms with Crippen molar-refractivity contribution in [3.8, 4) is 17.3 Å². The number of hydrogen-bond donors (Lipinski definition) is 3. The van der Waals surface area contributed by atoms with Gasteiger partial charge in [0.15, 0.2) is 11.6 Å². The highest BCUT2D eigenvalue weighted by Crippen LogP contribution is 2.34. The second-order valence-electron chi connectivity index (χ2n) is 8.31. The van der Waals surface area contributed by atoms with Crippen LogP contribution in [0.15, 0.2) is 48.9 Å². The monoisotopic (exact) mass is 494 g/mol. The first-order chi connectivity index (χ1) is 16.2. The number of aliphatic carboxylic acids is 1. The second kappa shape index (κ2) is 10.1. The molecule has 0 bridgehead atoms. The van der Waals surface area contributed by atoms with E-state index in [0.29, 0.717) is 27.3 Å². The zero-order valence-corrected chi connectivity index (χ0v) is 19.1. The number of fused-ring (bicyclic) bond motifs is 1. The number of aromatic amines is 1. The molecule has 4 aromatic heterocycles. The Morgan fingerprint density at radius 1 is 1.34 bits per heavy atom. The smallest absolute Gasteiger partial charge is 0.305 e. The van der Waals surface area contributed by atoms with E-state index in [4.69, 9.17) is 11.6 Å². The summed E-state index contributed by atoms with van der Waals surface area (Å²) in [5, 5.41) is 23.1. The molecule has 1 atom stereocenters. The van der Waals surface area contributed by atoms with E-state index >= 15 is 4.39 Å². The zero-order chi connectivity index (χ0) is 24.5. The van der Waals surface area contributed by atoms with E-state index in [1.165, 1.54) is 6.20 Å². The number of carboxylic acids is 1. The normalized spacial score (nSPS) is 12.0. The standard InChI is InChI=1S/C24H20ClFN6O2.CH4/c1-24(2,18-5-3-4-6-28-18)19(9-20(33)34)31-23-17(26)7-13(10-27)21(32-23)16-12-30-22-15(16)8-14(25)11-29-22;/h3-8,11-12,19H,9H2,1-2H3,(H,29,30)(H,31,32)(H,33,34);1H4/t19-;/m0./s1. The summed E-state index contributed by atoms with van der Waals surface area (Å²) < 4.78 is 15.0. The molecule has 4 rings (SSSR count). The van der Waals surface area contributed by atoms with Crippen molar-refractivity contribution in [3.05, 3.63) is 71.0 Å². The lowest BCUT2D eigenvalue weighted by Crippen LogP contribution is -2.42. The van der Waals surface area contributed by atoms with E-state index in [-0.39, 0.29) is 30.9 Å². The topological polar surface area (TPSA) is 128 Å². The van der Waals surface area contributed by atoms with Crippen LogP contribution in [0.5, 0.6) is 0 Å². The van der Waals surface area contributed by atoms with Gasteiger partial charge in [0.25, 0.3) is 0 Å². The molecule has 0 aromatic carbocycles. The first-order valence-electron chi connectivity index (χ1n) is 10.3. The van der Waals surface area contributed by atoms with Gasteiger partial charge in [0.2, 0.25) is 0 Å². The largest absolute Gasteiger partial charge is 0.481 e. The zero-order valence-electron chi connectivity index (χ0n) is 18.3. The van der Waals surface area contributed by atoms with E-state index in [0.717, 1.165) is 6.07 Å². The number of H-pyrrole nitrogens is 1. The number of rotatable bonds is 7. The molecule has 0 aliphatic carbocycles. The molecule has 0 fully saturated rings. The summed E-state index contributed by atoms with van der Waals surface area (Å²) >= 11 is 6.10. The van der Waals surface area contributed by atoms with Crippen LogP contribution in [0.4, 0.5) is 10.2 Å². The SMILES string of the molecule is C.CC(C)(c1ccccn1)[C@H](CC(=O)O)Nc1nc(-c2c[nH]c3ncc(Cl)cc23)c(C#N)cc1F. The molecule has 0 spiro atoms. The van der Waals surface area contributed by atoms with Crippen LogP contribution in [0.25, 0.3) is 22.3 Å². The molecule has 0 aliphatic heterocycles. The Hall–Kier alpha value is -4.03. The second-order valence-corrected chi connectivity index (χ2v) is 8.75. The molecular weight excluding hydrogens is 471 g/mol. The van der Waals surface area contributed by atoms with Crippen molar-refractivity contribution >= 4 is 34.4 Å². The Morgan fingerprint density at radius 3 is 2.77 bits per heavy atom. The predicted octanol–water partition coefficient (Wildman–Crippen LogP) is 5.55. The molecule has 8 nitrogen and oxygen atoms in total. The van der Waals surface area contributed by atoms with Gasteiger partial charge in [0.05, 0.1) is 22.7 Å². The molecule has 35 heavy (non-hydrogen) atoms. The first kappa shape index (κ1) is 25.6. The van der Waals surface area contributed by atoms with Gasteiger partial charge in [-0.05, 0) is 24.3 Å². The van der Waals surface area contributed by atoms with E-state index in [9.17, 15) is 15.2 Å². The summed E-state index contributed by atoms with van der Waals surface area (Å²) in [6.07, 6.45) is 4.40. The third-order valence-corrected chi connectivity index (χ3v) is 5.94. The van der Waals surface area contributed by atoms with Crippen LogP contribution in [-0.2, 0) is 10.2 Å². The molecule has 0 aliphatic rings. The predicted molar refractivity (Wildman–Crippen MR) is 133 cm³/mol. The highest BCUT2D eigenvalue weighted by atomic mass is 35.5. The van der Waals surface area contributed by atoms with Gasteiger partial charge in [-0.25, -0.2) is 14.4 Å². The number of carbonyl (C=O) groups is 1. The highest BCUT2D eigenvalue weighted by Gasteiger charge is 2.35. The molecule has 0 amide bonds. The minimum atomic E-state index is -1.06. The van der Waals surface area contributed by atoms with Crippen LogP contribution >= 0.6 is 11.6 Å². The van der Waals surface area contributed by atoms with Gasteiger partial charge in [-0.15, -0.1) is 0 Å². The van der Waals surface area contributed by atoms with E-state index < -0.39 is 23.2 Å². The molecular formula is C25H24ClFN6O2. The van der Waals surface area contributed by atoms with Crippen LogP contribution in [0.2, 0.25) is 5.02 Å². The summed E-state index contributed by atoms with van der Waals surface area (Å²) in [5.41, 5.74) is 1.13. The number of hydrogen-bond acceptors (Lipinski definition) is 6. The number of aromatic nitrogens is 4. The number of carboxylic acid groups (broad SMARTS) is 1. The molecule has 4 heterocycles. The lowest BCUT2D eigenvalue weighted by atomic mass is 9.79. The average molecular weight is 495 g/mol. The number of nitriles is 1. The van der Waals surface area contributed by atoms with Gasteiger partial charge < -0.3 is 15.4 Å². The highest BCUT2D eigenvalue weighted by molar-refractivity contribution is 6.31. The molecule has 0 unspecified atom stereocenters. The molecule has 10 heteroatoms. The maximum atomic E-state index is 15.0. The van der Waals surface area contributed by atoms with Gasteiger partial charge in [-0.1, -0.05) is 38.9 Å². The molecule has 4 aromatic rings. The maximum Gasteiger partial charge on any atom is 0.305 e. The van der Waals surface area contributed by atoms with Crippen LogP contribution < -0.4 is 5.32 Å². The van der Waals surface area contributed by atoms with Crippen LogP contribution in [0.1, 0.15) is 39.0 Å². The molecule has 0 radical (unpaired) electrons. The van der Waals surface area contributed by atoms with E-state index in [1.807, 2.05) is 19.9 Å². The lowest BCUT2D eigenvalue weighted by molar-refractivity contribution is -0.137. The molecule has 0 saturated heterocycles. The summed E-state index contributed by atoms with van der Waals surface area (Å²) in [4.78, 5) is 27.6. The third-order valence-electron chi connectivity index (χ3n) is 5.74. The number of anilines is 1. The fraction of sp³-hybridized carbons (Fsp3) is 0.240. The Kier molecular flexibility index (Phi) is 7.37. The van der Waals surface area contributed by atoms with E-state index in [1.54, 1.807) is 36.7 Å². The minimum absolute atomic E-state index is 0. The van der Waals surface area contributed by atoms with Gasteiger partial charge in [0.1, 0.15) is 11.7 Å². The van der Waals surface area contributed by atoms with Gasteiger partial charge >= 0.3 is 5.97 Å². The van der Waals surface area contributed by atoms with Crippen LogP contribution in [0.3, 0.4) is 0 Å². The van der Waals surface area contributed by atoms with Crippen molar-refractivity contribution in [2.24, 2.45) is 0 Å². The Morgan fingerprint density at radius 2 is 2.11 bits per heavy atom.